The van der Waals surface area contributed by atoms with Gasteiger partial charge in [-0.3, -0.25) is 9.48 Å². The molecule has 1 N–H and O–H groups in total. The van der Waals surface area contributed by atoms with Crippen molar-refractivity contribution in [2.75, 3.05) is 5.32 Å². The number of hydrogen-bond donors (Lipinski definition) is 1. The Balaban J connectivity index is 1.51. The SMILES string of the molecule is Cc1ccc(NC(=O)c2cc3n(n2)C[C@H](c2ccc(Cl)cc2)OC3)c(Cl)c1. The predicted octanol–water partition coefficient (Wildman–Crippen LogP) is 5.02. The van der Waals surface area contributed by atoms with Gasteiger partial charge in [0.2, 0.25) is 0 Å². The number of fused-ring (bicyclic) bond motifs is 1. The monoisotopic (exact) mass is 401 g/mol. The van der Waals surface area contributed by atoms with Crippen LogP contribution in [0.1, 0.15) is 33.4 Å². The third-order valence-electron chi connectivity index (χ3n) is 4.48. The van der Waals surface area contributed by atoms with Gasteiger partial charge in [-0.2, -0.15) is 5.10 Å². The zero-order valence-electron chi connectivity index (χ0n) is 14.6. The number of anilines is 1. The van der Waals surface area contributed by atoms with Crippen LogP contribution in [0.3, 0.4) is 0 Å². The number of aromatic nitrogens is 2. The van der Waals surface area contributed by atoms with Crippen molar-refractivity contribution in [1.82, 2.24) is 9.78 Å². The van der Waals surface area contributed by atoms with Gasteiger partial charge in [-0.1, -0.05) is 41.4 Å². The summed E-state index contributed by atoms with van der Waals surface area (Å²) in [6.45, 7) is 2.87. The van der Waals surface area contributed by atoms with Crippen LogP contribution in [0.4, 0.5) is 5.69 Å². The number of aryl methyl sites for hydroxylation is 1. The van der Waals surface area contributed by atoms with Gasteiger partial charge < -0.3 is 10.1 Å². The van der Waals surface area contributed by atoms with Crippen LogP contribution in [0, 0.1) is 6.92 Å². The Kier molecular flexibility index (Phi) is 4.91. The standard InChI is InChI=1S/C20H17Cl2N3O2/c1-12-2-7-17(16(22)8-12)23-20(26)18-9-15-11-27-19(10-25(15)24-18)13-3-5-14(21)6-4-13/h2-9,19H,10-11H2,1H3,(H,23,26)/t19-/m1/s1. The van der Waals surface area contributed by atoms with Gasteiger partial charge in [-0.15, -0.1) is 0 Å². The summed E-state index contributed by atoms with van der Waals surface area (Å²) < 4.78 is 7.73. The van der Waals surface area contributed by atoms with Gasteiger partial charge in [0.25, 0.3) is 5.91 Å². The third kappa shape index (κ3) is 3.86. The molecule has 0 radical (unpaired) electrons. The van der Waals surface area contributed by atoms with E-state index < -0.39 is 0 Å². The molecule has 4 rings (SSSR count). The Bertz CT molecular complexity index is 999. The van der Waals surface area contributed by atoms with Crippen molar-refractivity contribution in [3.05, 3.63) is 81.1 Å². The van der Waals surface area contributed by atoms with Crippen LogP contribution in [0.2, 0.25) is 10.0 Å². The molecule has 2 aromatic carbocycles. The van der Waals surface area contributed by atoms with Gasteiger partial charge in [0.15, 0.2) is 5.69 Å². The third-order valence-corrected chi connectivity index (χ3v) is 5.05. The first kappa shape index (κ1) is 18.0. The van der Waals surface area contributed by atoms with E-state index >= 15 is 0 Å². The molecule has 1 amide bonds. The summed E-state index contributed by atoms with van der Waals surface area (Å²) in [7, 11) is 0. The van der Waals surface area contributed by atoms with Crippen LogP contribution in [0.15, 0.2) is 48.5 Å². The molecule has 2 heterocycles. The van der Waals surface area contributed by atoms with Crippen LogP contribution >= 0.6 is 23.2 Å². The Labute approximate surface area is 166 Å². The Hall–Kier alpha value is -2.34. The number of nitrogens with one attached hydrogen (secondary N) is 1. The Morgan fingerprint density at radius 3 is 2.70 bits per heavy atom. The van der Waals surface area contributed by atoms with Crippen molar-refractivity contribution in [1.29, 1.82) is 0 Å². The fourth-order valence-corrected chi connectivity index (χ4v) is 3.43. The van der Waals surface area contributed by atoms with Gasteiger partial charge in [0.05, 0.1) is 29.6 Å². The summed E-state index contributed by atoms with van der Waals surface area (Å²) in [5.41, 5.74) is 3.81. The minimum absolute atomic E-state index is 0.128. The van der Waals surface area contributed by atoms with Crippen molar-refractivity contribution in [3.63, 3.8) is 0 Å². The normalized spacial score (nSPS) is 16.0. The number of rotatable bonds is 3. The molecule has 138 valence electrons. The van der Waals surface area contributed by atoms with E-state index in [1.165, 1.54) is 0 Å². The molecule has 1 aromatic heterocycles. The average molecular weight is 402 g/mol. The highest BCUT2D eigenvalue weighted by atomic mass is 35.5. The highest BCUT2D eigenvalue weighted by molar-refractivity contribution is 6.34. The molecule has 1 aliphatic heterocycles. The first-order chi connectivity index (χ1) is 13.0. The molecular formula is C20H17Cl2N3O2. The van der Waals surface area contributed by atoms with Gasteiger partial charge >= 0.3 is 0 Å². The maximum Gasteiger partial charge on any atom is 0.276 e. The fraction of sp³-hybridized carbons (Fsp3) is 0.200. The van der Waals surface area contributed by atoms with Crippen LogP contribution in [0.5, 0.6) is 0 Å². The van der Waals surface area contributed by atoms with E-state index in [4.69, 9.17) is 27.9 Å². The zero-order valence-corrected chi connectivity index (χ0v) is 16.1. The summed E-state index contributed by atoms with van der Waals surface area (Å²) in [6, 6.07) is 14.8. The first-order valence-corrected chi connectivity index (χ1v) is 9.26. The largest absolute Gasteiger partial charge is 0.365 e. The summed E-state index contributed by atoms with van der Waals surface area (Å²) in [6.07, 6.45) is -0.128. The van der Waals surface area contributed by atoms with Crippen molar-refractivity contribution in [2.45, 2.75) is 26.2 Å². The maximum atomic E-state index is 12.6. The predicted molar refractivity (Wildman–Crippen MR) is 105 cm³/mol. The second kappa shape index (κ2) is 7.35. The lowest BCUT2D eigenvalue weighted by molar-refractivity contribution is -0.00118. The number of hydrogen-bond acceptors (Lipinski definition) is 3. The van der Waals surface area contributed by atoms with Crippen LogP contribution < -0.4 is 5.32 Å². The highest BCUT2D eigenvalue weighted by Gasteiger charge is 2.24. The van der Waals surface area contributed by atoms with E-state index in [1.807, 2.05) is 41.9 Å². The molecule has 0 saturated heterocycles. The van der Waals surface area contributed by atoms with Gasteiger partial charge in [-0.25, -0.2) is 0 Å². The average Bonchev–Trinajstić information content (AvgIpc) is 3.08. The molecule has 7 heteroatoms. The lowest BCUT2D eigenvalue weighted by Crippen LogP contribution is -2.22. The molecule has 0 bridgehead atoms. The van der Waals surface area contributed by atoms with Crippen molar-refractivity contribution < 1.29 is 9.53 Å². The summed E-state index contributed by atoms with van der Waals surface area (Å²) in [5, 5.41) is 8.43. The Morgan fingerprint density at radius 1 is 1.19 bits per heavy atom. The molecule has 1 atom stereocenters. The van der Waals surface area contributed by atoms with E-state index in [1.54, 1.807) is 18.2 Å². The van der Waals surface area contributed by atoms with E-state index in [0.717, 1.165) is 16.8 Å². The summed E-state index contributed by atoms with van der Waals surface area (Å²) in [4.78, 5) is 12.6. The highest BCUT2D eigenvalue weighted by Crippen LogP contribution is 2.28. The minimum Gasteiger partial charge on any atom is -0.365 e. The molecule has 0 saturated carbocycles. The van der Waals surface area contributed by atoms with Crippen LogP contribution in [0.25, 0.3) is 0 Å². The zero-order chi connectivity index (χ0) is 19.0. The first-order valence-electron chi connectivity index (χ1n) is 8.51. The number of carbonyl (C=O) groups excluding carboxylic acids is 1. The lowest BCUT2D eigenvalue weighted by Gasteiger charge is -2.24. The molecule has 3 aromatic rings. The van der Waals surface area contributed by atoms with Gasteiger partial charge in [-0.05, 0) is 48.4 Å². The molecular weight excluding hydrogens is 385 g/mol. The maximum absolute atomic E-state index is 12.6. The molecule has 0 unspecified atom stereocenters. The van der Waals surface area contributed by atoms with Crippen molar-refractivity contribution in [3.8, 4) is 0 Å². The van der Waals surface area contributed by atoms with Crippen molar-refractivity contribution in [2.24, 2.45) is 0 Å². The summed E-state index contributed by atoms with van der Waals surface area (Å²) in [5.74, 6) is -0.300. The van der Waals surface area contributed by atoms with E-state index in [9.17, 15) is 4.79 Å². The number of amides is 1. The smallest absolute Gasteiger partial charge is 0.276 e. The van der Waals surface area contributed by atoms with Crippen molar-refractivity contribution >= 4 is 34.8 Å². The molecule has 0 fully saturated rings. The molecule has 0 spiro atoms. The van der Waals surface area contributed by atoms with Crippen LogP contribution in [-0.2, 0) is 17.9 Å². The quantitative estimate of drug-likeness (QED) is 0.669. The number of ether oxygens (including phenoxy) is 1. The Morgan fingerprint density at radius 2 is 1.96 bits per heavy atom. The number of halogens is 2. The topological polar surface area (TPSA) is 56.2 Å². The van der Waals surface area contributed by atoms with E-state index in [2.05, 4.69) is 10.4 Å². The van der Waals surface area contributed by atoms with Crippen LogP contribution in [-0.4, -0.2) is 15.7 Å². The fourth-order valence-electron chi connectivity index (χ4n) is 3.02. The van der Waals surface area contributed by atoms with E-state index in [-0.39, 0.29) is 12.0 Å². The van der Waals surface area contributed by atoms with Gasteiger partial charge in [0.1, 0.15) is 6.10 Å². The second-order valence-electron chi connectivity index (χ2n) is 6.49. The summed E-state index contributed by atoms with van der Waals surface area (Å²) >= 11 is 12.1. The van der Waals surface area contributed by atoms with E-state index in [0.29, 0.717) is 34.6 Å². The molecule has 1 aliphatic rings. The number of benzene rings is 2. The van der Waals surface area contributed by atoms with Gasteiger partial charge in [0, 0.05) is 5.02 Å². The molecule has 27 heavy (non-hydrogen) atoms. The molecule has 5 nitrogen and oxygen atoms in total. The molecule has 0 aliphatic carbocycles. The second-order valence-corrected chi connectivity index (χ2v) is 7.34. The minimum atomic E-state index is -0.300. The number of nitrogens with zero attached hydrogens (tertiary/aromatic N) is 2. The lowest BCUT2D eigenvalue weighted by atomic mass is 10.1. The number of carbonyl (C=O) groups is 1.